The summed E-state index contributed by atoms with van der Waals surface area (Å²) in [6.07, 6.45) is 1.66. The summed E-state index contributed by atoms with van der Waals surface area (Å²) >= 11 is 6.07. The summed E-state index contributed by atoms with van der Waals surface area (Å²) in [5.41, 5.74) is 2.71. The van der Waals surface area contributed by atoms with Gasteiger partial charge in [0.05, 0.1) is 24.4 Å². The smallest absolute Gasteiger partial charge is 0.270 e. The molecule has 0 spiro atoms. The van der Waals surface area contributed by atoms with Gasteiger partial charge in [0.25, 0.3) is 5.56 Å². The first-order valence-corrected chi connectivity index (χ1v) is 11.2. The van der Waals surface area contributed by atoms with E-state index in [0.717, 1.165) is 35.2 Å². The van der Waals surface area contributed by atoms with Crippen LogP contribution in [0.5, 0.6) is 5.75 Å². The monoisotopic (exact) mass is 449 g/mol. The zero-order valence-electron chi connectivity index (χ0n) is 17.9. The van der Waals surface area contributed by atoms with Crippen molar-refractivity contribution in [1.82, 2.24) is 4.57 Å². The molecule has 0 saturated carbocycles. The predicted molar refractivity (Wildman–Crippen MR) is 125 cm³/mol. The first-order valence-electron chi connectivity index (χ1n) is 10.9. The lowest BCUT2D eigenvalue weighted by atomic mass is 9.95. The number of piperidine rings is 1. The average Bonchev–Trinajstić information content (AvgIpc) is 2.76. The van der Waals surface area contributed by atoms with E-state index in [-0.39, 0.29) is 17.2 Å². The van der Waals surface area contributed by atoms with Crippen LogP contribution >= 0.6 is 11.6 Å². The minimum absolute atomic E-state index is 0.0679. The molecule has 2 aliphatic heterocycles. The van der Waals surface area contributed by atoms with Gasteiger partial charge in [-0.15, -0.1) is 0 Å². The molecule has 0 radical (unpaired) electrons. The Balaban J connectivity index is 1.45. The predicted octanol–water partition coefficient (Wildman–Crippen LogP) is 4.23. The molecule has 164 valence electrons. The fourth-order valence-corrected chi connectivity index (χ4v) is 4.76. The Morgan fingerprint density at radius 3 is 2.59 bits per heavy atom. The van der Waals surface area contributed by atoms with Gasteiger partial charge in [0, 0.05) is 49.3 Å². The number of nitrogens with zero attached hydrogens (tertiary/aromatic N) is 3. The van der Waals surface area contributed by atoms with Crippen LogP contribution in [0, 0.1) is 11.3 Å². The number of benzene rings is 2. The second-order valence-electron chi connectivity index (χ2n) is 8.47. The Morgan fingerprint density at radius 2 is 1.94 bits per heavy atom. The van der Waals surface area contributed by atoms with E-state index in [4.69, 9.17) is 21.1 Å². The normalized spacial score (nSPS) is 17.2. The van der Waals surface area contributed by atoms with E-state index in [1.807, 2.05) is 30.3 Å². The van der Waals surface area contributed by atoms with E-state index in [2.05, 4.69) is 23.1 Å². The zero-order chi connectivity index (χ0) is 22.2. The summed E-state index contributed by atoms with van der Waals surface area (Å²) in [6, 6.07) is 15.8. The van der Waals surface area contributed by atoms with Crippen molar-refractivity contribution in [1.29, 1.82) is 5.26 Å². The number of aryl methyl sites for hydroxylation is 1. The van der Waals surface area contributed by atoms with E-state index in [9.17, 15) is 10.1 Å². The highest BCUT2D eigenvalue weighted by Crippen LogP contribution is 2.34. The van der Waals surface area contributed by atoms with Crippen molar-refractivity contribution >= 4 is 28.2 Å². The minimum Gasteiger partial charge on any atom is -0.490 e. The van der Waals surface area contributed by atoms with Crippen LogP contribution in [0.25, 0.3) is 10.9 Å². The highest BCUT2D eigenvalue weighted by atomic mass is 35.5. The summed E-state index contributed by atoms with van der Waals surface area (Å²) in [5.74, 6) is 1.13. The van der Waals surface area contributed by atoms with Gasteiger partial charge in [-0.2, -0.15) is 5.26 Å². The highest BCUT2D eigenvalue weighted by molar-refractivity contribution is 6.30. The largest absolute Gasteiger partial charge is 0.490 e. The number of fused-ring (bicyclic) bond motifs is 1. The van der Waals surface area contributed by atoms with Gasteiger partial charge in [-0.1, -0.05) is 29.8 Å². The Kier molecular flexibility index (Phi) is 5.54. The van der Waals surface area contributed by atoms with Gasteiger partial charge in [0.2, 0.25) is 0 Å². The average molecular weight is 450 g/mol. The van der Waals surface area contributed by atoms with E-state index in [1.165, 1.54) is 5.56 Å². The summed E-state index contributed by atoms with van der Waals surface area (Å²) in [5, 5.41) is 11.4. The van der Waals surface area contributed by atoms with Crippen molar-refractivity contribution in [3.8, 4) is 11.8 Å². The summed E-state index contributed by atoms with van der Waals surface area (Å²) < 4.78 is 13.0. The molecular formula is C25H24ClN3O3. The molecule has 2 aliphatic rings. The zero-order valence-corrected chi connectivity index (χ0v) is 18.6. The van der Waals surface area contributed by atoms with E-state index in [0.29, 0.717) is 37.2 Å². The maximum absolute atomic E-state index is 13.0. The SMILES string of the molecule is Cn1c(=O)c(C#N)c(N2CCC(Oc3cccc(Cl)c3)CC2)c2ccc(C3COC3)cc21. The van der Waals surface area contributed by atoms with Crippen molar-refractivity contribution < 1.29 is 9.47 Å². The Labute approximate surface area is 191 Å². The summed E-state index contributed by atoms with van der Waals surface area (Å²) in [4.78, 5) is 15.2. The molecule has 7 heteroatoms. The molecule has 5 rings (SSSR count). The number of anilines is 1. The van der Waals surface area contributed by atoms with Gasteiger partial charge in [-0.05, 0) is 29.8 Å². The Bertz CT molecular complexity index is 1270. The third-order valence-electron chi connectivity index (χ3n) is 6.47. The van der Waals surface area contributed by atoms with Crippen molar-refractivity contribution in [2.75, 3.05) is 31.2 Å². The lowest BCUT2D eigenvalue weighted by Gasteiger charge is -2.35. The first-order chi connectivity index (χ1) is 15.5. The molecule has 32 heavy (non-hydrogen) atoms. The van der Waals surface area contributed by atoms with Crippen molar-refractivity contribution in [2.24, 2.45) is 7.05 Å². The van der Waals surface area contributed by atoms with Crippen LogP contribution in [0.4, 0.5) is 5.69 Å². The fraction of sp³-hybridized carbons (Fsp3) is 0.360. The molecule has 2 aromatic carbocycles. The second kappa shape index (κ2) is 8.50. The van der Waals surface area contributed by atoms with Crippen molar-refractivity contribution in [3.05, 3.63) is 69.0 Å². The van der Waals surface area contributed by atoms with Crippen LogP contribution < -0.4 is 15.2 Å². The van der Waals surface area contributed by atoms with E-state index < -0.39 is 0 Å². The maximum Gasteiger partial charge on any atom is 0.270 e. The third kappa shape index (κ3) is 3.72. The maximum atomic E-state index is 13.0. The molecule has 2 saturated heterocycles. The Morgan fingerprint density at radius 1 is 1.16 bits per heavy atom. The summed E-state index contributed by atoms with van der Waals surface area (Å²) in [7, 11) is 1.74. The molecule has 0 atom stereocenters. The molecule has 1 aromatic heterocycles. The highest BCUT2D eigenvalue weighted by Gasteiger charge is 2.27. The van der Waals surface area contributed by atoms with Gasteiger partial charge in [0.15, 0.2) is 0 Å². The number of pyridine rings is 1. The molecule has 3 aromatic rings. The van der Waals surface area contributed by atoms with Crippen LogP contribution in [0.3, 0.4) is 0 Å². The number of hydrogen-bond donors (Lipinski definition) is 0. The molecule has 0 bridgehead atoms. The van der Waals surface area contributed by atoms with Gasteiger partial charge in [-0.25, -0.2) is 0 Å². The molecule has 3 heterocycles. The molecule has 0 unspecified atom stereocenters. The Hall–Kier alpha value is -3.01. The van der Waals surface area contributed by atoms with Gasteiger partial charge < -0.3 is 18.9 Å². The first kappa shape index (κ1) is 20.9. The lowest BCUT2D eigenvalue weighted by Crippen LogP contribution is -2.40. The number of aromatic nitrogens is 1. The second-order valence-corrected chi connectivity index (χ2v) is 8.91. The van der Waals surface area contributed by atoms with E-state index in [1.54, 1.807) is 11.6 Å². The molecule has 0 N–H and O–H groups in total. The molecule has 0 aliphatic carbocycles. The van der Waals surface area contributed by atoms with Crippen LogP contribution in [-0.2, 0) is 11.8 Å². The van der Waals surface area contributed by atoms with Crippen LogP contribution in [0.15, 0.2) is 47.3 Å². The van der Waals surface area contributed by atoms with Gasteiger partial charge >= 0.3 is 0 Å². The molecule has 0 amide bonds. The quantitative estimate of drug-likeness (QED) is 0.596. The topological polar surface area (TPSA) is 67.5 Å². The number of hydrogen-bond acceptors (Lipinski definition) is 5. The van der Waals surface area contributed by atoms with Gasteiger partial charge in [0.1, 0.15) is 23.5 Å². The fourth-order valence-electron chi connectivity index (χ4n) is 4.58. The lowest BCUT2D eigenvalue weighted by molar-refractivity contribution is 0.00846. The number of rotatable bonds is 4. The summed E-state index contributed by atoms with van der Waals surface area (Å²) in [6.45, 7) is 2.84. The standard InChI is InChI=1S/C25H24ClN3O3/c1-28-23-11-16(17-14-31-15-17)5-6-21(23)24(22(13-27)25(28)30)29-9-7-19(8-10-29)32-20-4-2-3-18(26)12-20/h2-6,11-12,17,19H,7-10,14-15H2,1H3. The van der Waals surface area contributed by atoms with Gasteiger partial charge in [-0.3, -0.25) is 4.79 Å². The number of halogens is 1. The van der Waals surface area contributed by atoms with Crippen LogP contribution in [0.2, 0.25) is 5.02 Å². The van der Waals surface area contributed by atoms with Crippen molar-refractivity contribution in [3.63, 3.8) is 0 Å². The third-order valence-corrected chi connectivity index (χ3v) is 6.71. The number of nitriles is 1. The minimum atomic E-state index is -0.255. The molecular weight excluding hydrogens is 426 g/mol. The number of ether oxygens (including phenoxy) is 2. The van der Waals surface area contributed by atoms with Crippen LogP contribution in [-0.4, -0.2) is 37.0 Å². The van der Waals surface area contributed by atoms with E-state index >= 15 is 0 Å². The molecule has 2 fully saturated rings. The van der Waals surface area contributed by atoms with Crippen LogP contribution in [0.1, 0.15) is 29.9 Å². The van der Waals surface area contributed by atoms with Crippen molar-refractivity contribution in [2.45, 2.75) is 24.9 Å². The molecule has 6 nitrogen and oxygen atoms in total.